The van der Waals surface area contributed by atoms with Crippen LogP contribution < -0.4 is 10.1 Å². The molecule has 0 aliphatic heterocycles. The minimum atomic E-state index is -0.196. The smallest absolute Gasteiger partial charge is 0.131 e. The summed E-state index contributed by atoms with van der Waals surface area (Å²) in [7, 11) is 1.63. The van der Waals surface area contributed by atoms with E-state index in [1.165, 1.54) is 6.07 Å². The maximum absolute atomic E-state index is 14.1. The molecule has 0 aromatic heterocycles. The summed E-state index contributed by atoms with van der Waals surface area (Å²) < 4.78 is 19.3. The molecular formula is C17H20FNO. The van der Waals surface area contributed by atoms with Crippen molar-refractivity contribution < 1.29 is 9.13 Å². The molecule has 0 bridgehead atoms. The Bertz CT molecular complexity index is 596. The highest BCUT2D eigenvalue weighted by Crippen LogP contribution is 2.29. The first-order valence-corrected chi connectivity index (χ1v) is 6.80. The van der Waals surface area contributed by atoms with E-state index in [1.807, 2.05) is 37.3 Å². The third kappa shape index (κ3) is 3.17. The lowest BCUT2D eigenvalue weighted by Gasteiger charge is -2.11. The molecule has 0 heterocycles. The summed E-state index contributed by atoms with van der Waals surface area (Å²) in [4.78, 5) is 0. The number of halogens is 1. The first-order valence-electron chi connectivity index (χ1n) is 6.80. The zero-order valence-corrected chi connectivity index (χ0v) is 12.2. The lowest BCUT2D eigenvalue weighted by molar-refractivity contribution is 0.414. The molecule has 0 amide bonds. The standard InChI is InChI=1S/C17H20FNO/c1-4-19-11-13-5-8-17(18)16(10-13)15-7-6-14(20-3)9-12(15)2/h5-10,19H,4,11H2,1-3H3. The van der Waals surface area contributed by atoms with E-state index in [9.17, 15) is 4.39 Å². The number of hydrogen-bond donors (Lipinski definition) is 1. The zero-order chi connectivity index (χ0) is 14.5. The van der Waals surface area contributed by atoms with Crippen LogP contribution in [0.1, 0.15) is 18.1 Å². The molecule has 0 unspecified atom stereocenters. The normalized spacial score (nSPS) is 10.6. The number of hydrogen-bond acceptors (Lipinski definition) is 2. The van der Waals surface area contributed by atoms with Gasteiger partial charge >= 0.3 is 0 Å². The van der Waals surface area contributed by atoms with Crippen LogP contribution in [0.15, 0.2) is 36.4 Å². The second-order valence-corrected chi connectivity index (χ2v) is 4.78. The maximum atomic E-state index is 14.1. The third-order valence-electron chi connectivity index (χ3n) is 3.33. The van der Waals surface area contributed by atoms with Crippen molar-refractivity contribution in [1.82, 2.24) is 5.32 Å². The Kier molecular flexibility index (Phi) is 4.74. The average molecular weight is 273 g/mol. The van der Waals surface area contributed by atoms with E-state index < -0.39 is 0 Å². The molecule has 0 radical (unpaired) electrons. The van der Waals surface area contributed by atoms with Crippen molar-refractivity contribution in [2.45, 2.75) is 20.4 Å². The summed E-state index contributed by atoms with van der Waals surface area (Å²) in [6.45, 7) is 5.67. The van der Waals surface area contributed by atoms with Crippen LogP contribution in [0.25, 0.3) is 11.1 Å². The Balaban J connectivity index is 2.40. The average Bonchev–Trinajstić information content (AvgIpc) is 2.46. The molecule has 3 heteroatoms. The van der Waals surface area contributed by atoms with Crippen LogP contribution in [-0.4, -0.2) is 13.7 Å². The van der Waals surface area contributed by atoms with Crippen LogP contribution in [0.3, 0.4) is 0 Å². The van der Waals surface area contributed by atoms with Gasteiger partial charge in [-0.1, -0.05) is 19.1 Å². The van der Waals surface area contributed by atoms with Crippen molar-refractivity contribution in [3.05, 3.63) is 53.3 Å². The minimum absolute atomic E-state index is 0.196. The molecule has 2 aromatic rings. The molecule has 2 nitrogen and oxygen atoms in total. The zero-order valence-electron chi connectivity index (χ0n) is 12.2. The summed E-state index contributed by atoms with van der Waals surface area (Å²) in [5, 5.41) is 3.25. The molecular weight excluding hydrogens is 253 g/mol. The highest BCUT2D eigenvalue weighted by Gasteiger charge is 2.09. The van der Waals surface area contributed by atoms with Gasteiger partial charge < -0.3 is 10.1 Å². The van der Waals surface area contributed by atoms with Gasteiger partial charge in [-0.3, -0.25) is 0 Å². The van der Waals surface area contributed by atoms with Crippen molar-refractivity contribution in [2.75, 3.05) is 13.7 Å². The van der Waals surface area contributed by atoms with Crippen molar-refractivity contribution in [3.63, 3.8) is 0 Å². The monoisotopic (exact) mass is 273 g/mol. The fraction of sp³-hybridized carbons (Fsp3) is 0.294. The molecule has 0 saturated carbocycles. The van der Waals surface area contributed by atoms with Crippen LogP contribution in [0.5, 0.6) is 5.75 Å². The van der Waals surface area contributed by atoms with Crippen LogP contribution in [0, 0.1) is 12.7 Å². The highest BCUT2D eigenvalue weighted by molar-refractivity contribution is 5.69. The van der Waals surface area contributed by atoms with Gasteiger partial charge in [0.15, 0.2) is 0 Å². The van der Waals surface area contributed by atoms with E-state index in [4.69, 9.17) is 4.74 Å². The van der Waals surface area contributed by atoms with E-state index in [0.717, 1.165) is 35.5 Å². The highest BCUT2D eigenvalue weighted by atomic mass is 19.1. The van der Waals surface area contributed by atoms with Gasteiger partial charge in [0.05, 0.1) is 7.11 Å². The van der Waals surface area contributed by atoms with E-state index in [1.54, 1.807) is 7.11 Å². The second-order valence-electron chi connectivity index (χ2n) is 4.78. The summed E-state index contributed by atoms with van der Waals surface area (Å²) in [5.74, 6) is 0.592. The minimum Gasteiger partial charge on any atom is -0.497 e. The molecule has 2 rings (SSSR count). The fourth-order valence-electron chi connectivity index (χ4n) is 2.22. The van der Waals surface area contributed by atoms with Crippen molar-refractivity contribution in [2.24, 2.45) is 0 Å². The number of aryl methyl sites for hydroxylation is 1. The number of rotatable bonds is 5. The first-order chi connectivity index (χ1) is 9.65. The van der Waals surface area contributed by atoms with Gasteiger partial charge in [0, 0.05) is 12.1 Å². The molecule has 0 aliphatic carbocycles. The van der Waals surface area contributed by atoms with Gasteiger partial charge in [-0.2, -0.15) is 0 Å². The fourth-order valence-corrected chi connectivity index (χ4v) is 2.22. The topological polar surface area (TPSA) is 21.3 Å². The maximum Gasteiger partial charge on any atom is 0.131 e. The first kappa shape index (κ1) is 14.5. The van der Waals surface area contributed by atoms with Gasteiger partial charge in [-0.05, 0) is 54.4 Å². The number of benzene rings is 2. The third-order valence-corrected chi connectivity index (χ3v) is 3.33. The van der Waals surface area contributed by atoms with E-state index >= 15 is 0 Å². The molecule has 2 aromatic carbocycles. The van der Waals surface area contributed by atoms with E-state index in [2.05, 4.69) is 12.2 Å². The van der Waals surface area contributed by atoms with Crippen LogP contribution in [0.2, 0.25) is 0 Å². The van der Waals surface area contributed by atoms with Crippen LogP contribution in [-0.2, 0) is 6.54 Å². The number of nitrogens with one attached hydrogen (secondary N) is 1. The van der Waals surface area contributed by atoms with Crippen LogP contribution in [0.4, 0.5) is 4.39 Å². The largest absolute Gasteiger partial charge is 0.497 e. The van der Waals surface area contributed by atoms with Gasteiger partial charge in [-0.25, -0.2) is 4.39 Å². The van der Waals surface area contributed by atoms with Gasteiger partial charge in [-0.15, -0.1) is 0 Å². The lowest BCUT2D eigenvalue weighted by Crippen LogP contribution is -2.11. The van der Waals surface area contributed by atoms with Gasteiger partial charge in [0.25, 0.3) is 0 Å². The second kappa shape index (κ2) is 6.53. The summed E-state index contributed by atoms with van der Waals surface area (Å²) >= 11 is 0. The van der Waals surface area contributed by atoms with Crippen molar-refractivity contribution >= 4 is 0 Å². The lowest BCUT2D eigenvalue weighted by atomic mass is 9.98. The summed E-state index contributed by atoms with van der Waals surface area (Å²) in [6, 6.07) is 11.0. The molecule has 0 atom stereocenters. The molecule has 0 aliphatic rings. The van der Waals surface area contributed by atoms with Gasteiger partial charge in [0.1, 0.15) is 11.6 Å². The number of ether oxygens (including phenoxy) is 1. The molecule has 1 N–H and O–H groups in total. The SMILES string of the molecule is CCNCc1ccc(F)c(-c2ccc(OC)cc2C)c1. The van der Waals surface area contributed by atoms with Crippen LogP contribution >= 0.6 is 0 Å². The molecule has 106 valence electrons. The van der Waals surface area contributed by atoms with E-state index in [0.29, 0.717) is 5.56 Å². The van der Waals surface area contributed by atoms with E-state index in [-0.39, 0.29) is 5.82 Å². The summed E-state index contributed by atoms with van der Waals surface area (Å²) in [5.41, 5.74) is 3.63. The Morgan fingerprint density at radius 2 is 1.90 bits per heavy atom. The Morgan fingerprint density at radius 1 is 1.10 bits per heavy atom. The Morgan fingerprint density at radius 3 is 2.55 bits per heavy atom. The van der Waals surface area contributed by atoms with Crippen molar-refractivity contribution in [3.8, 4) is 16.9 Å². The molecule has 0 saturated heterocycles. The Hall–Kier alpha value is -1.87. The number of methoxy groups -OCH3 is 1. The predicted octanol–water partition coefficient (Wildman–Crippen LogP) is 3.92. The Labute approximate surface area is 119 Å². The van der Waals surface area contributed by atoms with Gasteiger partial charge in [0.2, 0.25) is 0 Å². The predicted molar refractivity (Wildman–Crippen MR) is 80.5 cm³/mol. The quantitative estimate of drug-likeness (QED) is 0.891. The molecule has 0 spiro atoms. The van der Waals surface area contributed by atoms with Crippen molar-refractivity contribution in [1.29, 1.82) is 0 Å². The summed E-state index contributed by atoms with van der Waals surface area (Å²) in [6.07, 6.45) is 0. The molecule has 0 fully saturated rings. The molecule has 20 heavy (non-hydrogen) atoms.